The quantitative estimate of drug-likeness (QED) is 0.458. The Morgan fingerprint density at radius 2 is 1.04 bits per heavy atom. The van der Waals surface area contributed by atoms with Gasteiger partial charge in [-0.05, 0) is 35.4 Å². The molecule has 0 aliphatic heterocycles. The van der Waals surface area contributed by atoms with E-state index in [-0.39, 0.29) is 11.6 Å². The third-order valence-electron chi connectivity index (χ3n) is 3.45. The van der Waals surface area contributed by atoms with Crippen molar-refractivity contribution in [2.45, 2.75) is 21.3 Å². The lowest BCUT2D eigenvalue weighted by Gasteiger charge is -2.07. The fourth-order valence-corrected chi connectivity index (χ4v) is 4.02. The van der Waals surface area contributed by atoms with Gasteiger partial charge in [0.15, 0.2) is 0 Å². The van der Waals surface area contributed by atoms with Crippen molar-refractivity contribution in [3.05, 3.63) is 95.6 Å². The van der Waals surface area contributed by atoms with Crippen LogP contribution in [0.2, 0.25) is 0 Å². The van der Waals surface area contributed by atoms with E-state index in [1.165, 1.54) is 35.7 Å². The Morgan fingerprint density at radius 3 is 1.50 bits per heavy atom. The summed E-state index contributed by atoms with van der Waals surface area (Å²) in [4.78, 5) is 1.31. The standard InChI is InChI=1S/C20H16F2S2/c21-17-8-1-3-10-19(17)23-13-15-6-5-7-16(12-15)14-24-20-11-4-2-9-18(20)22/h1-12H,13-14H2. The molecule has 0 aromatic heterocycles. The van der Waals surface area contributed by atoms with Crippen LogP contribution in [-0.2, 0) is 11.5 Å². The van der Waals surface area contributed by atoms with Crippen LogP contribution < -0.4 is 0 Å². The van der Waals surface area contributed by atoms with Crippen molar-refractivity contribution in [1.82, 2.24) is 0 Å². The summed E-state index contributed by atoms with van der Waals surface area (Å²) in [6.45, 7) is 0. The summed E-state index contributed by atoms with van der Waals surface area (Å²) in [5.74, 6) is 1.04. The van der Waals surface area contributed by atoms with Crippen molar-refractivity contribution < 1.29 is 8.78 Å². The van der Waals surface area contributed by atoms with Gasteiger partial charge in [-0.1, -0.05) is 48.5 Å². The maximum absolute atomic E-state index is 13.7. The number of hydrogen-bond acceptors (Lipinski definition) is 2. The molecule has 0 aliphatic carbocycles. The van der Waals surface area contributed by atoms with Gasteiger partial charge in [0.2, 0.25) is 0 Å². The molecule has 0 heterocycles. The number of hydrogen-bond donors (Lipinski definition) is 0. The van der Waals surface area contributed by atoms with E-state index in [0.717, 1.165) is 11.1 Å². The molecule has 0 saturated carbocycles. The largest absolute Gasteiger partial charge is 0.206 e. The summed E-state index contributed by atoms with van der Waals surface area (Å²) in [6, 6.07) is 21.8. The zero-order chi connectivity index (χ0) is 16.8. The average molecular weight is 358 g/mol. The molecule has 0 spiro atoms. The van der Waals surface area contributed by atoms with Crippen LogP contribution in [0.15, 0.2) is 82.6 Å². The zero-order valence-corrected chi connectivity index (χ0v) is 14.5. The lowest BCUT2D eigenvalue weighted by Crippen LogP contribution is -1.88. The zero-order valence-electron chi connectivity index (χ0n) is 12.9. The van der Waals surface area contributed by atoms with E-state index in [0.29, 0.717) is 21.3 Å². The van der Waals surface area contributed by atoms with Crippen LogP contribution in [0, 0.1) is 11.6 Å². The Hall–Kier alpha value is -1.78. The SMILES string of the molecule is Fc1ccccc1SCc1cccc(CSc2ccccc2F)c1. The topological polar surface area (TPSA) is 0 Å². The Morgan fingerprint density at radius 1 is 0.583 bits per heavy atom. The molecule has 3 rings (SSSR count). The number of benzene rings is 3. The molecule has 3 aromatic rings. The number of rotatable bonds is 6. The van der Waals surface area contributed by atoms with Crippen LogP contribution in [-0.4, -0.2) is 0 Å². The molecule has 0 nitrogen and oxygen atoms in total. The molecule has 0 amide bonds. The Bertz CT molecular complexity index is 753. The normalized spacial score (nSPS) is 10.8. The molecule has 0 saturated heterocycles. The fourth-order valence-electron chi connectivity index (χ4n) is 2.25. The van der Waals surface area contributed by atoms with Crippen LogP contribution >= 0.6 is 23.5 Å². The van der Waals surface area contributed by atoms with Crippen molar-refractivity contribution in [1.29, 1.82) is 0 Å². The van der Waals surface area contributed by atoms with Crippen molar-refractivity contribution in [2.75, 3.05) is 0 Å². The van der Waals surface area contributed by atoms with Gasteiger partial charge in [0.05, 0.1) is 0 Å². The third kappa shape index (κ3) is 4.62. The van der Waals surface area contributed by atoms with E-state index >= 15 is 0 Å². The average Bonchev–Trinajstić information content (AvgIpc) is 2.61. The van der Waals surface area contributed by atoms with Crippen LogP contribution in [0.4, 0.5) is 8.78 Å². The maximum atomic E-state index is 13.7. The van der Waals surface area contributed by atoms with E-state index < -0.39 is 0 Å². The first kappa shape index (κ1) is 17.1. The molecule has 0 fully saturated rings. The Kier molecular flexibility index (Phi) is 5.94. The van der Waals surface area contributed by atoms with E-state index in [2.05, 4.69) is 6.07 Å². The highest BCUT2D eigenvalue weighted by Gasteiger charge is 2.05. The van der Waals surface area contributed by atoms with E-state index in [1.807, 2.05) is 30.3 Å². The highest BCUT2D eigenvalue weighted by Crippen LogP contribution is 2.28. The first-order valence-electron chi connectivity index (χ1n) is 7.55. The van der Waals surface area contributed by atoms with Gasteiger partial charge in [-0.3, -0.25) is 0 Å². The molecule has 122 valence electrons. The first-order valence-corrected chi connectivity index (χ1v) is 9.52. The molecule has 0 aliphatic rings. The van der Waals surface area contributed by atoms with Crippen LogP contribution in [0.3, 0.4) is 0 Å². The maximum Gasteiger partial charge on any atom is 0.136 e. The Labute approximate surface area is 149 Å². The second-order valence-electron chi connectivity index (χ2n) is 5.26. The highest BCUT2D eigenvalue weighted by atomic mass is 32.2. The lowest BCUT2D eigenvalue weighted by atomic mass is 10.2. The first-order chi connectivity index (χ1) is 11.7. The summed E-state index contributed by atoms with van der Waals surface area (Å²) in [7, 11) is 0. The van der Waals surface area contributed by atoms with Crippen molar-refractivity contribution >= 4 is 23.5 Å². The minimum atomic E-state index is -0.186. The number of halogens is 2. The van der Waals surface area contributed by atoms with Gasteiger partial charge in [-0.15, -0.1) is 23.5 Å². The molecule has 4 heteroatoms. The summed E-state index contributed by atoms with van der Waals surface area (Å²) in [5.41, 5.74) is 2.27. The van der Waals surface area contributed by atoms with Gasteiger partial charge in [0, 0.05) is 21.3 Å². The van der Waals surface area contributed by atoms with E-state index in [4.69, 9.17) is 0 Å². The summed E-state index contributed by atoms with van der Waals surface area (Å²) < 4.78 is 27.3. The molecule has 0 N–H and O–H groups in total. The second kappa shape index (κ2) is 8.36. The van der Waals surface area contributed by atoms with Crippen LogP contribution in [0.5, 0.6) is 0 Å². The van der Waals surface area contributed by atoms with Crippen LogP contribution in [0.25, 0.3) is 0 Å². The molecule has 0 unspecified atom stereocenters. The molecule has 0 radical (unpaired) electrons. The number of thioether (sulfide) groups is 2. The van der Waals surface area contributed by atoms with E-state index in [1.54, 1.807) is 24.3 Å². The Balaban J connectivity index is 1.62. The minimum absolute atomic E-state index is 0.186. The predicted molar refractivity (Wildman–Crippen MR) is 98.4 cm³/mol. The summed E-state index contributed by atoms with van der Waals surface area (Å²) in [6.07, 6.45) is 0. The van der Waals surface area contributed by atoms with Gasteiger partial charge >= 0.3 is 0 Å². The summed E-state index contributed by atoms with van der Waals surface area (Å²) in [5, 5.41) is 0. The predicted octanol–water partition coefficient (Wildman–Crippen LogP) is 6.55. The molecule has 0 atom stereocenters. The van der Waals surface area contributed by atoms with Gasteiger partial charge < -0.3 is 0 Å². The van der Waals surface area contributed by atoms with Crippen molar-refractivity contribution in [3.8, 4) is 0 Å². The lowest BCUT2D eigenvalue weighted by molar-refractivity contribution is 0.601. The van der Waals surface area contributed by atoms with Gasteiger partial charge in [-0.2, -0.15) is 0 Å². The second-order valence-corrected chi connectivity index (χ2v) is 7.29. The van der Waals surface area contributed by atoms with E-state index in [9.17, 15) is 8.78 Å². The molecular formula is C20H16F2S2. The molecule has 24 heavy (non-hydrogen) atoms. The summed E-state index contributed by atoms with van der Waals surface area (Å²) >= 11 is 2.97. The van der Waals surface area contributed by atoms with Gasteiger partial charge in [0.25, 0.3) is 0 Å². The van der Waals surface area contributed by atoms with Crippen molar-refractivity contribution in [3.63, 3.8) is 0 Å². The van der Waals surface area contributed by atoms with Gasteiger partial charge in [0.1, 0.15) is 11.6 Å². The molecule has 3 aromatic carbocycles. The van der Waals surface area contributed by atoms with Crippen LogP contribution in [0.1, 0.15) is 11.1 Å². The van der Waals surface area contributed by atoms with Crippen molar-refractivity contribution in [2.24, 2.45) is 0 Å². The highest BCUT2D eigenvalue weighted by molar-refractivity contribution is 7.98. The fraction of sp³-hybridized carbons (Fsp3) is 0.100. The smallest absolute Gasteiger partial charge is 0.136 e. The third-order valence-corrected chi connectivity index (χ3v) is 5.69. The monoisotopic (exact) mass is 358 g/mol. The van der Waals surface area contributed by atoms with Gasteiger partial charge in [-0.25, -0.2) is 8.78 Å². The molecular weight excluding hydrogens is 342 g/mol. The molecule has 0 bridgehead atoms. The minimum Gasteiger partial charge on any atom is -0.206 e.